The molecule has 1 rings (SSSR count). The van der Waals surface area contributed by atoms with E-state index in [2.05, 4.69) is 5.32 Å². The molecule has 0 aromatic carbocycles. The molecule has 1 fully saturated rings. The number of ether oxygens (including phenoxy) is 2. The second-order valence-corrected chi connectivity index (χ2v) is 3.53. The Bertz CT molecular complexity index is 178. The first kappa shape index (κ1) is 11.5. The van der Waals surface area contributed by atoms with Crippen LogP contribution in [0.3, 0.4) is 0 Å². The summed E-state index contributed by atoms with van der Waals surface area (Å²) in [5.41, 5.74) is 0. The molecule has 0 amide bonds. The average Bonchev–Trinajstić information content (AvgIpc) is 2.67. The van der Waals surface area contributed by atoms with E-state index in [1.807, 2.05) is 6.92 Å². The van der Waals surface area contributed by atoms with E-state index in [1.165, 1.54) is 0 Å². The fraction of sp³-hybridized carbons (Fsp3) is 0.900. The third-order valence-corrected chi connectivity index (χ3v) is 2.40. The van der Waals surface area contributed by atoms with Crippen molar-refractivity contribution in [2.75, 3.05) is 19.8 Å². The van der Waals surface area contributed by atoms with Crippen LogP contribution in [0, 0.1) is 0 Å². The number of carbonyl (C=O) groups excluding carboxylic acids is 1. The van der Waals surface area contributed by atoms with Gasteiger partial charge in [-0.25, -0.2) is 0 Å². The van der Waals surface area contributed by atoms with E-state index in [1.54, 1.807) is 6.92 Å². The highest BCUT2D eigenvalue weighted by Crippen LogP contribution is 2.14. The van der Waals surface area contributed by atoms with Crippen LogP contribution in [0.2, 0.25) is 0 Å². The minimum absolute atomic E-state index is 0.197. The molecule has 14 heavy (non-hydrogen) atoms. The smallest absolute Gasteiger partial charge is 0.319 e. The molecule has 1 aliphatic heterocycles. The maximum atomic E-state index is 11.0. The van der Waals surface area contributed by atoms with Crippen molar-refractivity contribution in [1.29, 1.82) is 0 Å². The molecule has 0 aliphatic carbocycles. The summed E-state index contributed by atoms with van der Waals surface area (Å²) in [5, 5.41) is 3.11. The zero-order chi connectivity index (χ0) is 10.4. The van der Waals surface area contributed by atoms with E-state index >= 15 is 0 Å². The number of nitrogens with one attached hydrogen (secondary N) is 1. The van der Waals surface area contributed by atoms with Crippen LogP contribution >= 0.6 is 0 Å². The van der Waals surface area contributed by atoms with Crippen molar-refractivity contribution >= 4 is 5.97 Å². The van der Waals surface area contributed by atoms with Gasteiger partial charge >= 0.3 is 5.97 Å². The topological polar surface area (TPSA) is 47.6 Å². The minimum atomic E-state index is -0.197. The van der Waals surface area contributed by atoms with E-state index < -0.39 is 0 Å². The van der Waals surface area contributed by atoms with Gasteiger partial charge in [0.05, 0.1) is 19.3 Å². The van der Waals surface area contributed by atoms with E-state index in [0.717, 1.165) is 19.4 Å². The molecule has 4 nitrogen and oxygen atoms in total. The van der Waals surface area contributed by atoms with Gasteiger partial charge < -0.3 is 14.8 Å². The maximum Gasteiger partial charge on any atom is 0.319 e. The zero-order valence-corrected chi connectivity index (χ0v) is 8.91. The molecule has 0 spiro atoms. The standard InChI is InChI=1S/C10H19NO3/c1-3-13-10(12)7-11-8(2)9-5-4-6-14-9/h8-9,11H,3-7H2,1-2H3. The molecular formula is C10H19NO3. The van der Waals surface area contributed by atoms with Gasteiger partial charge in [0.15, 0.2) is 0 Å². The van der Waals surface area contributed by atoms with Gasteiger partial charge in [-0.3, -0.25) is 4.79 Å². The first-order chi connectivity index (χ1) is 6.74. The van der Waals surface area contributed by atoms with Crippen molar-refractivity contribution < 1.29 is 14.3 Å². The van der Waals surface area contributed by atoms with Crippen molar-refractivity contribution in [2.45, 2.75) is 38.8 Å². The van der Waals surface area contributed by atoms with Gasteiger partial charge in [-0.1, -0.05) is 0 Å². The number of hydrogen-bond donors (Lipinski definition) is 1. The van der Waals surface area contributed by atoms with Crippen LogP contribution < -0.4 is 5.32 Å². The van der Waals surface area contributed by atoms with Crippen molar-refractivity contribution in [3.05, 3.63) is 0 Å². The summed E-state index contributed by atoms with van der Waals surface area (Å²) in [4.78, 5) is 11.0. The van der Waals surface area contributed by atoms with Crippen molar-refractivity contribution in [2.24, 2.45) is 0 Å². The predicted molar refractivity (Wildman–Crippen MR) is 53.1 cm³/mol. The summed E-state index contributed by atoms with van der Waals surface area (Å²) in [6.45, 7) is 5.40. The van der Waals surface area contributed by atoms with Gasteiger partial charge in [0, 0.05) is 12.6 Å². The van der Waals surface area contributed by atoms with E-state index in [0.29, 0.717) is 6.61 Å². The normalized spacial score (nSPS) is 23.4. The summed E-state index contributed by atoms with van der Waals surface area (Å²) in [6.07, 6.45) is 2.46. The van der Waals surface area contributed by atoms with Gasteiger partial charge in [-0.2, -0.15) is 0 Å². The first-order valence-electron chi connectivity index (χ1n) is 5.24. The van der Waals surface area contributed by atoms with E-state index in [-0.39, 0.29) is 24.7 Å². The molecule has 2 unspecified atom stereocenters. The lowest BCUT2D eigenvalue weighted by Crippen LogP contribution is -2.40. The highest BCUT2D eigenvalue weighted by molar-refractivity contribution is 5.71. The Hall–Kier alpha value is -0.610. The third kappa shape index (κ3) is 3.64. The number of rotatable bonds is 5. The Kier molecular flexibility index (Phi) is 4.90. The molecule has 1 heterocycles. The summed E-state index contributed by atoms with van der Waals surface area (Å²) >= 11 is 0. The van der Waals surface area contributed by atoms with Crippen molar-refractivity contribution in [1.82, 2.24) is 5.32 Å². The number of esters is 1. The second-order valence-electron chi connectivity index (χ2n) is 3.53. The average molecular weight is 201 g/mol. The van der Waals surface area contributed by atoms with Gasteiger partial charge in [0.1, 0.15) is 0 Å². The van der Waals surface area contributed by atoms with Crippen LogP contribution in [0.4, 0.5) is 0 Å². The lowest BCUT2D eigenvalue weighted by atomic mass is 10.1. The summed E-state index contributed by atoms with van der Waals surface area (Å²) in [7, 11) is 0. The van der Waals surface area contributed by atoms with Gasteiger partial charge in [-0.15, -0.1) is 0 Å². The van der Waals surface area contributed by atoms with Gasteiger partial charge in [0.25, 0.3) is 0 Å². The highest BCUT2D eigenvalue weighted by Gasteiger charge is 2.22. The Morgan fingerprint density at radius 1 is 1.71 bits per heavy atom. The van der Waals surface area contributed by atoms with Crippen LogP contribution in [0.1, 0.15) is 26.7 Å². The number of carbonyl (C=O) groups is 1. The summed E-state index contributed by atoms with van der Waals surface area (Å²) in [5.74, 6) is -0.197. The zero-order valence-electron chi connectivity index (χ0n) is 8.91. The van der Waals surface area contributed by atoms with Gasteiger partial charge in [0.2, 0.25) is 0 Å². The molecule has 1 aliphatic rings. The summed E-state index contributed by atoms with van der Waals surface area (Å²) < 4.78 is 10.3. The Labute approximate surface area is 85.0 Å². The quantitative estimate of drug-likeness (QED) is 0.665. The molecular weight excluding hydrogens is 182 g/mol. The minimum Gasteiger partial charge on any atom is -0.465 e. The van der Waals surface area contributed by atoms with Crippen LogP contribution in [-0.2, 0) is 14.3 Å². The molecule has 0 radical (unpaired) electrons. The lowest BCUT2D eigenvalue weighted by molar-refractivity contribution is -0.142. The molecule has 1 saturated heterocycles. The predicted octanol–water partition coefficient (Wildman–Crippen LogP) is 0.707. The molecule has 0 aromatic heterocycles. The second kappa shape index (κ2) is 5.98. The SMILES string of the molecule is CCOC(=O)CNC(C)C1CCCO1. The van der Waals surface area contributed by atoms with Crippen LogP contribution in [0.25, 0.3) is 0 Å². The van der Waals surface area contributed by atoms with Crippen LogP contribution in [0.5, 0.6) is 0 Å². The van der Waals surface area contributed by atoms with E-state index in [9.17, 15) is 4.79 Å². The van der Waals surface area contributed by atoms with Crippen LogP contribution in [-0.4, -0.2) is 37.9 Å². The van der Waals surface area contributed by atoms with Gasteiger partial charge in [-0.05, 0) is 26.7 Å². The maximum absolute atomic E-state index is 11.0. The molecule has 1 N–H and O–H groups in total. The Balaban J connectivity index is 2.13. The molecule has 4 heteroatoms. The fourth-order valence-electron chi connectivity index (χ4n) is 1.58. The van der Waals surface area contributed by atoms with Crippen molar-refractivity contribution in [3.63, 3.8) is 0 Å². The fourth-order valence-corrected chi connectivity index (χ4v) is 1.58. The summed E-state index contributed by atoms with van der Waals surface area (Å²) in [6, 6.07) is 0.224. The molecule has 0 aromatic rings. The molecule has 0 saturated carbocycles. The first-order valence-corrected chi connectivity index (χ1v) is 5.24. The lowest BCUT2D eigenvalue weighted by Gasteiger charge is -2.19. The van der Waals surface area contributed by atoms with Crippen LogP contribution in [0.15, 0.2) is 0 Å². The largest absolute Gasteiger partial charge is 0.465 e. The third-order valence-electron chi connectivity index (χ3n) is 2.40. The molecule has 82 valence electrons. The highest BCUT2D eigenvalue weighted by atomic mass is 16.5. The molecule has 2 atom stereocenters. The Morgan fingerprint density at radius 2 is 2.50 bits per heavy atom. The monoisotopic (exact) mass is 201 g/mol. The van der Waals surface area contributed by atoms with E-state index in [4.69, 9.17) is 9.47 Å². The van der Waals surface area contributed by atoms with Crippen molar-refractivity contribution in [3.8, 4) is 0 Å². The molecule has 0 bridgehead atoms. The Morgan fingerprint density at radius 3 is 3.07 bits per heavy atom. The number of hydrogen-bond acceptors (Lipinski definition) is 4.